The van der Waals surface area contributed by atoms with Gasteiger partial charge in [-0.3, -0.25) is 0 Å². The second-order valence-electron chi connectivity index (χ2n) is 2.32. The summed E-state index contributed by atoms with van der Waals surface area (Å²) in [6.07, 6.45) is 1.50. The highest BCUT2D eigenvalue weighted by molar-refractivity contribution is 5.65. The molecule has 0 aliphatic rings. The van der Waals surface area contributed by atoms with Gasteiger partial charge in [0.05, 0.1) is 7.11 Å². The van der Waals surface area contributed by atoms with Crippen LogP contribution in [-0.2, 0) is 0 Å². The molecular formula is C9H10FNO. The van der Waals surface area contributed by atoms with Crippen molar-refractivity contribution in [3.63, 3.8) is 0 Å². The van der Waals surface area contributed by atoms with E-state index in [0.717, 1.165) is 0 Å². The summed E-state index contributed by atoms with van der Waals surface area (Å²) in [5, 5.41) is 0. The number of rotatable bonds is 2. The van der Waals surface area contributed by atoms with Gasteiger partial charge < -0.3 is 10.5 Å². The van der Waals surface area contributed by atoms with Crippen molar-refractivity contribution in [2.24, 2.45) is 0 Å². The van der Waals surface area contributed by atoms with Crippen LogP contribution in [0.2, 0.25) is 0 Å². The van der Waals surface area contributed by atoms with Crippen LogP contribution in [0.5, 0.6) is 5.75 Å². The zero-order valence-corrected chi connectivity index (χ0v) is 6.80. The van der Waals surface area contributed by atoms with E-state index in [1.807, 2.05) is 0 Å². The summed E-state index contributed by atoms with van der Waals surface area (Å²) in [5.74, 6) is -0.278. The molecule has 0 atom stereocenters. The Morgan fingerprint density at radius 2 is 2.25 bits per heavy atom. The highest BCUT2D eigenvalue weighted by atomic mass is 19.1. The van der Waals surface area contributed by atoms with Crippen LogP contribution in [0.25, 0.3) is 6.08 Å². The maximum atomic E-state index is 13.0. The maximum absolute atomic E-state index is 13.0. The number of hydrogen-bond donors (Lipinski definition) is 1. The zero-order valence-electron chi connectivity index (χ0n) is 6.80. The maximum Gasteiger partial charge on any atom is 0.165 e. The number of nitrogens with two attached hydrogens (primary N) is 1. The lowest BCUT2D eigenvalue weighted by molar-refractivity contribution is 0.387. The molecule has 0 aliphatic heterocycles. The zero-order chi connectivity index (χ0) is 9.14. The molecule has 12 heavy (non-hydrogen) atoms. The summed E-state index contributed by atoms with van der Waals surface area (Å²) >= 11 is 0. The number of benzene rings is 1. The Labute approximate surface area is 70.5 Å². The molecule has 64 valence electrons. The van der Waals surface area contributed by atoms with Crippen LogP contribution < -0.4 is 10.5 Å². The van der Waals surface area contributed by atoms with E-state index in [0.29, 0.717) is 11.3 Å². The van der Waals surface area contributed by atoms with E-state index in [4.69, 9.17) is 10.5 Å². The summed E-state index contributed by atoms with van der Waals surface area (Å²) in [7, 11) is 1.39. The van der Waals surface area contributed by atoms with Gasteiger partial charge in [0.1, 0.15) is 0 Å². The van der Waals surface area contributed by atoms with Crippen LogP contribution in [0, 0.1) is 5.82 Å². The van der Waals surface area contributed by atoms with Gasteiger partial charge in [0, 0.05) is 11.8 Å². The lowest BCUT2D eigenvalue weighted by Gasteiger charge is -2.05. The third kappa shape index (κ3) is 1.39. The number of anilines is 1. The Hall–Kier alpha value is -1.51. The van der Waals surface area contributed by atoms with E-state index in [9.17, 15) is 4.39 Å². The molecule has 0 fully saturated rings. The Balaban J connectivity index is 3.25. The van der Waals surface area contributed by atoms with Crippen LogP contribution in [0.1, 0.15) is 5.56 Å². The normalized spacial score (nSPS) is 9.50. The van der Waals surface area contributed by atoms with Gasteiger partial charge in [-0.1, -0.05) is 12.7 Å². The molecule has 0 unspecified atom stereocenters. The molecule has 2 N–H and O–H groups in total. The first-order valence-corrected chi connectivity index (χ1v) is 3.44. The average Bonchev–Trinajstić information content (AvgIpc) is 2.08. The SMILES string of the molecule is C=Cc1cc(F)c(OC)cc1N. The molecule has 0 spiro atoms. The number of ether oxygens (including phenoxy) is 1. The van der Waals surface area contributed by atoms with E-state index < -0.39 is 5.82 Å². The minimum absolute atomic E-state index is 0.151. The van der Waals surface area contributed by atoms with Crippen molar-refractivity contribution in [3.05, 3.63) is 30.1 Å². The van der Waals surface area contributed by atoms with Crippen molar-refractivity contribution in [3.8, 4) is 5.75 Å². The highest BCUT2D eigenvalue weighted by Crippen LogP contribution is 2.24. The molecule has 0 radical (unpaired) electrons. The van der Waals surface area contributed by atoms with Crippen LogP contribution in [0.15, 0.2) is 18.7 Å². The molecule has 0 bridgehead atoms. The predicted molar refractivity (Wildman–Crippen MR) is 47.5 cm³/mol. The van der Waals surface area contributed by atoms with Crippen molar-refractivity contribution in [2.75, 3.05) is 12.8 Å². The van der Waals surface area contributed by atoms with E-state index in [1.165, 1.54) is 25.3 Å². The quantitative estimate of drug-likeness (QED) is 0.684. The smallest absolute Gasteiger partial charge is 0.165 e. The van der Waals surface area contributed by atoms with Crippen LogP contribution in [0.3, 0.4) is 0 Å². The lowest BCUT2D eigenvalue weighted by atomic mass is 10.1. The molecule has 1 aromatic carbocycles. The molecule has 1 aromatic rings. The summed E-state index contributed by atoms with van der Waals surface area (Å²) < 4.78 is 17.7. The van der Waals surface area contributed by atoms with E-state index >= 15 is 0 Å². The van der Waals surface area contributed by atoms with E-state index in [1.54, 1.807) is 0 Å². The van der Waals surface area contributed by atoms with Gasteiger partial charge in [0.15, 0.2) is 11.6 Å². The van der Waals surface area contributed by atoms with Crippen LogP contribution in [0.4, 0.5) is 10.1 Å². The lowest BCUT2D eigenvalue weighted by Crippen LogP contribution is -1.94. The predicted octanol–water partition coefficient (Wildman–Crippen LogP) is 2.06. The van der Waals surface area contributed by atoms with E-state index in [-0.39, 0.29) is 5.75 Å². The number of halogens is 1. The van der Waals surface area contributed by atoms with Gasteiger partial charge in [0.2, 0.25) is 0 Å². The van der Waals surface area contributed by atoms with Crippen molar-refractivity contribution in [2.45, 2.75) is 0 Å². The molecule has 0 heterocycles. The number of nitrogen functional groups attached to an aromatic ring is 1. The fourth-order valence-electron chi connectivity index (χ4n) is 0.918. The van der Waals surface area contributed by atoms with Crippen molar-refractivity contribution < 1.29 is 9.13 Å². The summed E-state index contributed by atoms with van der Waals surface area (Å²) in [6, 6.07) is 2.73. The summed E-state index contributed by atoms with van der Waals surface area (Å²) in [6.45, 7) is 3.50. The first-order valence-electron chi connectivity index (χ1n) is 3.44. The molecule has 1 rings (SSSR count). The average molecular weight is 167 g/mol. The topological polar surface area (TPSA) is 35.2 Å². The molecule has 0 amide bonds. The molecule has 3 heteroatoms. The molecular weight excluding hydrogens is 157 g/mol. The Morgan fingerprint density at radius 1 is 1.58 bits per heavy atom. The second-order valence-corrected chi connectivity index (χ2v) is 2.32. The Kier molecular flexibility index (Phi) is 2.33. The molecule has 0 aromatic heterocycles. The van der Waals surface area contributed by atoms with Crippen LogP contribution >= 0.6 is 0 Å². The molecule has 2 nitrogen and oxygen atoms in total. The molecule has 0 saturated heterocycles. The van der Waals surface area contributed by atoms with Crippen LogP contribution in [-0.4, -0.2) is 7.11 Å². The third-order valence-electron chi connectivity index (χ3n) is 1.58. The molecule has 0 saturated carbocycles. The van der Waals surface area contributed by atoms with Gasteiger partial charge in [0.25, 0.3) is 0 Å². The third-order valence-corrected chi connectivity index (χ3v) is 1.58. The summed E-state index contributed by atoms with van der Waals surface area (Å²) in [4.78, 5) is 0. The Bertz CT molecular complexity index is 310. The minimum Gasteiger partial charge on any atom is -0.494 e. The van der Waals surface area contributed by atoms with Gasteiger partial charge in [-0.25, -0.2) is 4.39 Å². The highest BCUT2D eigenvalue weighted by Gasteiger charge is 2.05. The minimum atomic E-state index is -0.429. The fourth-order valence-corrected chi connectivity index (χ4v) is 0.918. The first kappa shape index (κ1) is 8.59. The van der Waals surface area contributed by atoms with Crippen molar-refractivity contribution in [1.29, 1.82) is 0 Å². The standard InChI is InChI=1S/C9H10FNO/c1-3-6-4-7(10)9(12-2)5-8(6)11/h3-5H,1,11H2,2H3. The van der Waals surface area contributed by atoms with Crippen molar-refractivity contribution in [1.82, 2.24) is 0 Å². The number of hydrogen-bond acceptors (Lipinski definition) is 2. The van der Waals surface area contributed by atoms with Crippen molar-refractivity contribution >= 4 is 11.8 Å². The van der Waals surface area contributed by atoms with Gasteiger partial charge in [-0.05, 0) is 11.6 Å². The van der Waals surface area contributed by atoms with Gasteiger partial charge in [-0.2, -0.15) is 0 Å². The number of methoxy groups -OCH3 is 1. The largest absolute Gasteiger partial charge is 0.494 e. The van der Waals surface area contributed by atoms with E-state index in [2.05, 4.69) is 6.58 Å². The second kappa shape index (κ2) is 3.26. The fraction of sp³-hybridized carbons (Fsp3) is 0.111. The van der Waals surface area contributed by atoms with Gasteiger partial charge in [-0.15, -0.1) is 0 Å². The summed E-state index contributed by atoms with van der Waals surface area (Å²) in [5.41, 5.74) is 6.60. The Morgan fingerprint density at radius 3 is 2.75 bits per heavy atom. The molecule has 0 aliphatic carbocycles. The monoisotopic (exact) mass is 167 g/mol. The first-order chi connectivity index (χ1) is 5.69. The van der Waals surface area contributed by atoms with Gasteiger partial charge >= 0.3 is 0 Å².